The Bertz CT molecular complexity index is 556. The molecule has 0 radical (unpaired) electrons. The van der Waals surface area contributed by atoms with E-state index < -0.39 is 0 Å². The Kier molecular flexibility index (Phi) is 3.72. The molecule has 18 heavy (non-hydrogen) atoms. The molecule has 0 unspecified atom stereocenters. The zero-order valence-corrected chi connectivity index (χ0v) is 10.0. The van der Waals surface area contributed by atoms with E-state index in [0.717, 1.165) is 12.1 Å². The number of benzene rings is 1. The second kappa shape index (κ2) is 5.64. The number of aromatic nitrogens is 2. The van der Waals surface area contributed by atoms with E-state index in [9.17, 15) is 0 Å². The summed E-state index contributed by atoms with van der Waals surface area (Å²) in [5.41, 5.74) is 2.24. The highest BCUT2D eigenvalue weighted by molar-refractivity contribution is 5.59. The third-order valence-corrected chi connectivity index (χ3v) is 2.49. The van der Waals surface area contributed by atoms with E-state index in [2.05, 4.69) is 39.7 Å². The predicted octanol–water partition coefficient (Wildman–Crippen LogP) is 2.68. The van der Waals surface area contributed by atoms with Gasteiger partial charge >= 0.3 is 0 Å². The highest BCUT2D eigenvalue weighted by Gasteiger charge is 1.99. The lowest BCUT2D eigenvalue weighted by atomic mass is 10.1. The summed E-state index contributed by atoms with van der Waals surface area (Å²) in [5.74, 6) is 1.12. The average Bonchev–Trinajstić information content (AvgIpc) is 2.40. The van der Waals surface area contributed by atoms with Crippen LogP contribution in [0.3, 0.4) is 0 Å². The minimum atomic E-state index is 0.472. The van der Waals surface area contributed by atoms with Crippen molar-refractivity contribution in [3.8, 4) is 6.19 Å². The standard InChI is InChI=1S/C13H13N5/c1-2-10-3-5-11(6-4-10)18-13-7-12(15-8-14)16-9-17-13/h3-7,9H,2H2,1H3,(H2,15,16,17,18). The number of aryl methyl sites for hydroxylation is 1. The van der Waals surface area contributed by atoms with E-state index in [-0.39, 0.29) is 0 Å². The van der Waals surface area contributed by atoms with Crippen LogP contribution in [0, 0.1) is 11.5 Å². The van der Waals surface area contributed by atoms with Crippen LogP contribution in [0.4, 0.5) is 17.3 Å². The summed E-state index contributed by atoms with van der Waals surface area (Å²) < 4.78 is 0. The smallest absolute Gasteiger partial charge is 0.182 e. The molecule has 0 aliphatic heterocycles. The van der Waals surface area contributed by atoms with Crippen molar-refractivity contribution < 1.29 is 0 Å². The topological polar surface area (TPSA) is 73.6 Å². The third-order valence-electron chi connectivity index (χ3n) is 2.49. The van der Waals surface area contributed by atoms with Crippen LogP contribution in [-0.2, 0) is 6.42 Å². The monoisotopic (exact) mass is 239 g/mol. The van der Waals surface area contributed by atoms with E-state index in [0.29, 0.717) is 11.6 Å². The highest BCUT2D eigenvalue weighted by Crippen LogP contribution is 2.16. The van der Waals surface area contributed by atoms with Crippen molar-refractivity contribution in [2.75, 3.05) is 10.6 Å². The molecule has 0 saturated carbocycles. The molecule has 2 N–H and O–H groups in total. The number of hydrogen-bond acceptors (Lipinski definition) is 5. The van der Waals surface area contributed by atoms with Gasteiger partial charge in [0.05, 0.1) is 0 Å². The molecule has 5 heteroatoms. The molecule has 0 spiro atoms. The Labute approximate surface area is 106 Å². The van der Waals surface area contributed by atoms with Crippen LogP contribution in [0.1, 0.15) is 12.5 Å². The summed E-state index contributed by atoms with van der Waals surface area (Å²) >= 11 is 0. The lowest BCUT2D eigenvalue weighted by Crippen LogP contribution is -1.97. The van der Waals surface area contributed by atoms with Crippen molar-refractivity contribution in [1.29, 1.82) is 5.26 Å². The maximum absolute atomic E-state index is 8.52. The Morgan fingerprint density at radius 2 is 1.89 bits per heavy atom. The summed E-state index contributed by atoms with van der Waals surface area (Å²) in [6.07, 6.45) is 4.25. The molecule has 1 heterocycles. The number of hydrogen-bond donors (Lipinski definition) is 2. The molecule has 0 aliphatic carbocycles. The molecule has 90 valence electrons. The largest absolute Gasteiger partial charge is 0.340 e. The number of nitrogens with zero attached hydrogens (tertiary/aromatic N) is 3. The van der Waals surface area contributed by atoms with Gasteiger partial charge in [0, 0.05) is 11.8 Å². The van der Waals surface area contributed by atoms with E-state index in [1.165, 1.54) is 11.9 Å². The first-order chi connectivity index (χ1) is 8.81. The maximum Gasteiger partial charge on any atom is 0.182 e. The number of rotatable bonds is 4. The number of nitrogens with one attached hydrogen (secondary N) is 2. The van der Waals surface area contributed by atoms with Gasteiger partial charge in [-0.25, -0.2) is 9.97 Å². The number of nitriles is 1. The van der Waals surface area contributed by atoms with E-state index in [1.54, 1.807) is 6.07 Å². The van der Waals surface area contributed by atoms with Crippen molar-refractivity contribution in [2.45, 2.75) is 13.3 Å². The van der Waals surface area contributed by atoms with Gasteiger partial charge in [0.2, 0.25) is 0 Å². The highest BCUT2D eigenvalue weighted by atomic mass is 15.1. The lowest BCUT2D eigenvalue weighted by molar-refractivity contribution is 1.14. The first-order valence-corrected chi connectivity index (χ1v) is 5.65. The van der Waals surface area contributed by atoms with Gasteiger partial charge in [-0.05, 0) is 24.1 Å². The molecule has 0 saturated heterocycles. The van der Waals surface area contributed by atoms with Crippen LogP contribution in [0.25, 0.3) is 0 Å². The molecule has 2 aromatic rings. The summed E-state index contributed by atoms with van der Waals surface area (Å²) in [5, 5.41) is 14.1. The summed E-state index contributed by atoms with van der Waals surface area (Å²) in [6.45, 7) is 2.12. The Balaban J connectivity index is 2.12. The van der Waals surface area contributed by atoms with Gasteiger partial charge in [0.1, 0.15) is 18.0 Å². The van der Waals surface area contributed by atoms with Gasteiger partial charge in [-0.2, -0.15) is 5.26 Å². The van der Waals surface area contributed by atoms with Crippen molar-refractivity contribution in [1.82, 2.24) is 9.97 Å². The molecule has 5 nitrogen and oxygen atoms in total. The zero-order valence-electron chi connectivity index (χ0n) is 10.0. The minimum Gasteiger partial charge on any atom is -0.340 e. The molecule has 0 atom stereocenters. The second-order valence-electron chi connectivity index (χ2n) is 3.70. The quantitative estimate of drug-likeness (QED) is 0.633. The van der Waals surface area contributed by atoms with Gasteiger partial charge in [-0.15, -0.1) is 0 Å². The molecule has 2 rings (SSSR count). The first-order valence-electron chi connectivity index (χ1n) is 5.65. The van der Waals surface area contributed by atoms with E-state index in [1.807, 2.05) is 18.3 Å². The van der Waals surface area contributed by atoms with E-state index >= 15 is 0 Å². The Hall–Kier alpha value is -2.61. The van der Waals surface area contributed by atoms with Gasteiger partial charge in [0.25, 0.3) is 0 Å². The van der Waals surface area contributed by atoms with Crippen LogP contribution in [0.15, 0.2) is 36.7 Å². The van der Waals surface area contributed by atoms with Gasteiger partial charge in [-0.1, -0.05) is 19.1 Å². The first kappa shape index (κ1) is 11.9. The Morgan fingerprint density at radius 3 is 2.56 bits per heavy atom. The minimum absolute atomic E-state index is 0.472. The van der Waals surface area contributed by atoms with Crippen LogP contribution in [0.5, 0.6) is 0 Å². The molecular weight excluding hydrogens is 226 g/mol. The summed E-state index contributed by atoms with van der Waals surface area (Å²) in [4.78, 5) is 8.00. The van der Waals surface area contributed by atoms with Crippen LogP contribution >= 0.6 is 0 Å². The molecule has 0 amide bonds. The second-order valence-corrected chi connectivity index (χ2v) is 3.70. The van der Waals surface area contributed by atoms with Crippen molar-refractivity contribution in [2.24, 2.45) is 0 Å². The average molecular weight is 239 g/mol. The lowest BCUT2D eigenvalue weighted by Gasteiger charge is -2.06. The third kappa shape index (κ3) is 2.95. The van der Waals surface area contributed by atoms with Crippen LogP contribution in [0.2, 0.25) is 0 Å². The SMILES string of the molecule is CCc1ccc(Nc2cc(NC#N)ncn2)cc1. The number of anilines is 3. The molecule has 0 fully saturated rings. The van der Waals surface area contributed by atoms with Crippen molar-refractivity contribution in [3.63, 3.8) is 0 Å². The van der Waals surface area contributed by atoms with Crippen LogP contribution in [-0.4, -0.2) is 9.97 Å². The molecule has 0 bridgehead atoms. The van der Waals surface area contributed by atoms with Gasteiger partial charge in [0.15, 0.2) is 6.19 Å². The predicted molar refractivity (Wildman–Crippen MR) is 70.4 cm³/mol. The molecule has 0 aliphatic rings. The van der Waals surface area contributed by atoms with Crippen molar-refractivity contribution >= 4 is 17.3 Å². The maximum atomic E-state index is 8.52. The van der Waals surface area contributed by atoms with Gasteiger partial charge in [-0.3, -0.25) is 5.32 Å². The summed E-state index contributed by atoms with van der Waals surface area (Å²) in [7, 11) is 0. The molecule has 1 aromatic carbocycles. The molecule has 1 aromatic heterocycles. The molecular formula is C13H13N5. The Morgan fingerprint density at radius 1 is 1.17 bits per heavy atom. The van der Waals surface area contributed by atoms with E-state index in [4.69, 9.17) is 5.26 Å². The van der Waals surface area contributed by atoms with Gasteiger partial charge < -0.3 is 5.32 Å². The summed E-state index contributed by atoms with van der Waals surface area (Å²) in [6, 6.07) is 9.81. The fourth-order valence-corrected chi connectivity index (χ4v) is 1.52. The fraction of sp³-hybridized carbons (Fsp3) is 0.154. The van der Waals surface area contributed by atoms with Crippen LogP contribution < -0.4 is 10.6 Å². The fourth-order valence-electron chi connectivity index (χ4n) is 1.52. The normalized spacial score (nSPS) is 9.56. The van der Waals surface area contributed by atoms with Crippen molar-refractivity contribution in [3.05, 3.63) is 42.2 Å². The zero-order chi connectivity index (χ0) is 12.8.